The molecular formula is C20H20ClN3O6S. The third-order valence-corrected chi connectivity index (χ3v) is 5.01. The highest BCUT2D eigenvalue weighted by Gasteiger charge is 2.13. The minimum atomic E-state index is -3.88. The number of rotatable bonds is 8. The zero-order chi connectivity index (χ0) is 22.9. The lowest BCUT2D eigenvalue weighted by Crippen LogP contribution is -2.44. The molecule has 0 aromatic heterocycles. The van der Waals surface area contributed by atoms with Gasteiger partial charge in [0, 0.05) is 16.0 Å². The maximum atomic E-state index is 11.9. The van der Waals surface area contributed by atoms with Gasteiger partial charge in [0.1, 0.15) is 6.54 Å². The number of hydrogen-bond acceptors (Lipinski definition) is 6. The summed E-state index contributed by atoms with van der Waals surface area (Å²) in [5.74, 6) is -2.37. The van der Waals surface area contributed by atoms with E-state index < -0.39 is 41.0 Å². The van der Waals surface area contributed by atoms with Crippen LogP contribution in [-0.4, -0.2) is 39.4 Å². The lowest BCUT2D eigenvalue weighted by Gasteiger charge is -2.08. The van der Waals surface area contributed by atoms with Crippen molar-refractivity contribution >= 4 is 45.5 Å². The molecule has 2 rings (SSSR count). The monoisotopic (exact) mass is 465 g/mol. The van der Waals surface area contributed by atoms with Gasteiger partial charge < -0.3 is 4.74 Å². The third kappa shape index (κ3) is 8.99. The summed E-state index contributed by atoms with van der Waals surface area (Å²) in [5, 5.41) is 1.37. The van der Waals surface area contributed by atoms with Gasteiger partial charge in [-0.15, -0.1) is 0 Å². The van der Waals surface area contributed by atoms with E-state index in [0.29, 0.717) is 10.6 Å². The minimum absolute atomic E-state index is 0.259. The number of sulfonamides is 1. The van der Waals surface area contributed by atoms with E-state index in [4.69, 9.17) is 11.6 Å². The van der Waals surface area contributed by atoms with E-state index in [-0.39, 0.29) is 5.56 Å². The number of benzene rings is 2. The molecular weight excluding hydrogens is 446 g/mol. The predicted octanol–water partition coefficient (Wildman–Crippen LogP) is 1.54. The van der Waals surface area contributed by atoms with Crippen molar-refractivity contribution in [3.05, 3.63) is 75.7 Å². The Morgan fingerprint density at radius 1 is 1.00 bits per heavy atom. The number of hydrogen-bond donors (Lipinski definition) is 3. The van der Waals surface area contributed by atoms with Crippen LogP contribution in [0.15, 0.2) is 53.9 Å². The van der Waals surface area contributed by atoms with Crippen LogP contribution in [-0.2, 0) is 24.3 Å². The molecule has 9 nitrogen and oxygen atoms in total. The van der Waals surface area contributed by atoms with Crippen LogP contribution in [0, 0.1) is 6.92 Å². The van der Waals surface area contributed by atoms with Gasteiger partial charge in [-0.05, 0) is 42.8 Å². The number of nitrogens with one attached hydrogen (secondary N) is 3. The maximum absolute atomic E-state index is 11.9. The van der Waals surface area contributed by atoms with Crippen LogP contribution in [0.25, 0.3) is 6.08 Å². The Morgan fingerprint density at radius 2 is 1.65 bits per heavy atom. The summed E-state index contributed by atoms with van der Waals surface area (Å²) in [7, 11) is -3.88. The van der Waals surface area contributed by atoms with Gasteiger partial charge in [0.05, 0.1) is 0 Å². The van der Waals surface area contributed by atoms with E-state index in [1.54, 1.807) is 12.1 Å². The molecule has 0 saturated carbocycles. The number of halogens is 1. The van der Waals surface area contributed by atoms with Crippen LogP contribution in [0.5, 0.6) is 0 Å². The lowest BCUT2D eigenvalue weighted by atomic mass is 10.2. The molecule has 0 radical (unpaired) electrons. The minimum Gasteiger partial charge on any atom is -0.455 e. The number of carbonyl (C=O) groups excluding carboxylic acids is 3. The average Bonchev–Trinajstić information content (AvgIpc) is 2.75. The van der Waals surface area contributed by atoms with Crippen LogP contribution in [0.2, 0.25) is 5.02 Å². The number of esters is 1. The predicted molar refractivity (Wildman–Crippen MR) is 115 cm³/mol. The van der Waals surface area contributed by atoms with Gasteiger partial charge in [-0.2, -0.15) is 0 Å². The Balaban J connectivity index is 1.70. The number of hydrazine groups is 1. The molecule has 2 amide bonds. The van der Waals surface area contributed by atoms with Crippen molar-refractivity contribution in [1.82, 2.24) is 15.6 Å². The first-order valence-corrected chi connectivity index (χ1v) is 10.8. The summed E-state index contributed by atoms with van der Waals surface area (Å²) in [6.07, 6.45) is 1.38. The highest BCUT2D eigenvalue weighted by molar-refractivity contribution is 7.92. The normalized spacial score (nSPS) is 11.2. The Hall–Kier alpha value is -3.21. The second kappa shape index (κ2) is 11.3. The first-order valence-electron chi connectivity index (χ1n) is 8.89. The Kier molecular flexibility index (Phi) is 8.74. The number of aryl methyl sites for hydroxylation is 1. The smallest absolute Gasteiger partial charge is 0.321 e. The molecule has 0 spiro atoms. The zero-order valence-electron chi connectivity index (χ0n) is 16.4. The number of carbonyl (C=O) groups is 3. The van der Waals surface area contributed by atoms with Crippen LogP contribution in [0.4, 0.5) is 0 Å². The molecule has 0 atom stereocenters. The van der Waals surface area contributed by atoms with Crippen molar-refractivity contribution in [2.75, 3.05) is 13.2 Å². The van der Waals surface area contributed by atoms with Gasteiger partial charge >= 0.3 is 5.97 Å². The van der Waals surface area contributed by atoms with E-state index >= 15 is 0 Å². The Bertz CT molecular complexity index is 1070. The standard InChI is InChI=1S/C20H20ClN3O6S/c1-14-2-4-15(5-3-14)10-11-31(28,29)22-12-19(26)30-13-18(25)23-24-20(27)16-6-8-17(21)9-7-16/h2-11,22H,12-13H2,1H3,(H,23,25)(H,24,27)/b11-10+. The molecule has 3 N–H and O–H groups in total. The van der Waals surface area contributed by atoms with Crippen LogP contribution >= 0.6 is 11.6 Å². The molecule has 2 aromatic rings. The topological polar surface area (TPSA) is 131 Å². The fraction of sp³-hybridized carbons (Fsp3) is 0.150. The molecule has 0 saturated heterocycles. The largest absolute Gasteiger partial charge is 0.455 e. The highest BCUT2D eigenvalue weighted by Crippen LogP contribution is 2.09. The van der Waals surface area contributed by atoms with Crippen molar-refractivity contribution < 1.29 is 27.5 Å². The molecule has 2 aromatic carbocycles. The SMILES string of the molecule is Cc1ccc(/C=C/S(=O)(=O)NCC(=O)OCC(=O)NNC(=O)c2ccc(Cl)cc2)cc1. The molecule has 0 heterocycles. The number of amides is 2. The molecule has 31 heavy (non-hydrogen) atoms. The molecule has 0 unspecified atom stereocenters. The molecule has 0 aliphatic carbocycles. The molecule has 0 fully saturated rings. The van der Waals surface area contributed by atoms with E-state index in [1.807, 2.05) is 23.8 Å². The second-order valence-corrected chi connectivity index (χ2v) is 8.34. The fourth-order valence-corrected chi connectivity index (χ4v) is 2.96. The van der Waals surface area contributed by atoms with Crippen molar-refractivity contribution in [1.29, 1.82) is 0 Å². The fourth-order valence-electron chi connectivity index (χ4n) is 2.09. The average molecular weight is 466 g/mol. The van der Waals surface area contributed by atoms with Gasteiger partial charge in [-0.3, -0.25) is 25.2 Å². The zero-order valence-corrected chi connectivity index (χ0v) is 18.0. The van der Waals surface area contributed by atoms with Gasteiger partial charge in [-0.25, -0.2) is 13.1 Å². The Morgan fingerprint density at radius 3 is 2.29 bits per heavy atom. The van der Waals surface area contributed by atoms with E-state index in [9.17, 15) is 22.8 Å². The third-order valence-electron chi connectivity index (χ3n) is 3.72. The van der Waals surface area contributed by atoms with Gasteiger partial charge in [0.2, 0.25) is 10.0 Å². The summed E-state index contributed by atoms with van der Waals surface area (Å²) in [6.45, 7) is 0.539. The summed E-state index contributed by atoms with van der Waals surface area (Å²) < 4.78 is 30.5. The number of ether oxygens (including phenoxy) is 1. The van der Waals surface area contributed by atoms with Crippen LogP contribution in [0.3, 0.4) is 0 Å². The Labute approximate surface area is 184 Å². The summed E-state index contributed by atoms with van der Waals surface area (Å²) in [5.41, 5.74) is 6.18. The van der Waals surface area contributed by atoms with Crippen molar-refractivity contribution in [3.8, 4) is 0 Å². The summed E-state index contributed by atoms with van der Waals surface area (Å²) >= 11 is 5.72. The second-order valence-electron chi connectivity index (χ2n) is 6.25. The molecule has 0 aliphatic rings. The van der Waals surface area contributed by atoms with Gasteiger partial charge in [0.15, 0.2) is 6.61 Å². The quantitative estimate of drug-likeness (QED) is 0.400. The first kappa shape index (κ1) is 24.1. The van der Waals surface area contributed by atoms with Crippen LogP contribution in [0.1, 0.15) is 21.5 Å². The van der Waals surface area contributed by atoms with Crippen LogP contribution < -0.4 is 15.6 Å². The van der Waals surface area contributed by atoms with E-state index in [0.717, 1.165) is 11.0 Å². The van der Waals surface area contributed by atoms with Crippen molar-refractivity contribution in [2.24, 2.45) is 0 Å². The molecule has 0 aliphatic heterocycles. The first-order chi connectivity index (χ1) is 14.6. The van der Waals surface area contributed by atoms with Crippen molar-refractivity contribution in [3.63, 3.8) is 0 Å². The lowest BCUT2D eigenvalue weighted by molar-refractivity contribution is -0.147. The molecule has 164 valence electrons. The van der Waals surface area contributed by atoms with Crippen molar-refractivity contribution in [2.45, 2.75) is 6.92 Å². The summed E-state index contributed by atoms with van der Waals surface area (Å²) in [4.78, 5) is 35.1. The van der Waals surface area contributed by atoms with E-state index in [2.05, 4.69) is 15.6 Å². The maximum Gasteiger partial charge on any atom is 0.321 e. The molecule has 0 bridgehead atoms. The summed E-state index contributed by atoms with van der Waals surface area (Å²) in [6, 6.07) is 13.1. The van der Waals surface area contributed by atoms with Gasteiger partial charge in [-0.1, -0.05) is 41.4 Å². The highest BCUT2D eigenvalue weighted by atomic mass is 35.5. The van der Waals surface area contributed by atoms with E-state index in [1.165, 1.54) is 30.3 Å². The molecule has 11 heteroatoms. The van der Waals surface area contributed by atoms with Gasteiger partial charge in [0.25, 0.3) is 11.8 Å².